The third kappa shape index (κ3) is 1.70. The summed E-state index contributed by atoms with van der Waals surface area (Å²) in [6, 6.07) is -0.591. The average Bonchev–Trinajstić information content (AvgIpc) is 2.09. The van der Waals surface area contributed by atoms with Gasteiger partial charge in [0.1, 0.15) is 0 Å². The lowest BCUT2D eigenvalue weighted by molar-refractivity contribution is 0.259. The molecule has 1 heterocycles. The number of anilines is 1. The van der Waals surface area contributed by atoms with Crippen LogP contribution < -0.4 is 11.1 Å². The zero-order valence-corrected chi connectivity index (χ0v) is 6.46. The molecule has 0 aliphatic heterocycles. The summed E-state index contributed by atoms with van der Waals surface area (Å²) in [6.07, 6.45) is 1.80. The summed E-state index contributed by atoms with van der Waals surface area (Å²) in [5.74, 6) is 0.514. The molecule has 1 rings (SSSR count). The van der Waals surface area contributed by atoms with Crippen molar-refractivity contribution >= 4 is 11.8 Å². The lowest BCUT2D eigenvalue weighted by Gasteiger charge is -1.95. The number of rotatable bonds is 1. The Morgan fingerprint density at radius 3 is 2.82 bits per heavy atom. The second kappa shape index (κ2) is 2.61. The summed E-state index contributed by atoms with van der Waals surface area (Å²) < 4.78 is 1.61. The predicted octanol–water partition coefficient (Wildman–Crippen LogP) is 0.219. The molecule has 0 spiro atoms. The van der Waals surface area contributed by atoms with Gasteiger partial charge in [-0.2, -0.15) is 5.10 Å². The zero-order valence-electron chi connectivity index (χ0n) is 6.46. The van der Waals surface area contributed by atoms with Crippen molar-refractivity contribution in [3.05, 3.63) is 11.8 Å². The zero-order chi connectivity index (χ0) is 8.43. The molecule has 0 radical (unpaired) electrons. The van der Waals surface area contributed by atoms with Crippen LogP contribution in [0.5, 0.6) is 0 Å². The predicted molar refractivity (Wildman–Crippen MR) is 41.2 cm³/mol. The standard InChI is InChI=1S/C6H10N4O/c1-4-3-10(2)9-5(4)8-6(7)11/h3H,1-2H3,(H3,7,8,9,11). The number of nitrogens with one attached hydrogen (secondary N) is 1. The Morgan fingerprint density at radius 2 is 2.45 bits per heavy atom. The summed E-state index contributed by atoms with van der Waals surface area (Å²) in [5, 5.41) is 6.36. The molecule has 60 valence electrons. The van der Waals surface area contributed by atoms with Crippen LogP contribution in [0.25, 0.3) is 0 Å². The molecule has 0 fully saturated rings. The molecule has 0 saturated carbocycles. The molecule has 5 nitrogen and oxygen atoms in total. The van der Waals surface area contributed by atoms with Crippen LogP contribution in [0.1, 0.15) is 5.56 Å². The number of carbonyl (C=O) groups is 1. The van der Waals surface area contributed by atoms with Crippen molar-refractivity contribution < 1.29 is 4.79 Å². The topological polar surface area (TPSA) is 72.9 Å². The van der Waals surface area contributed by atoms with Gasteiger partial charge < -0.3 is 5.73 Å². The fraction of sp³-hybridized carbons (Fsp3) is 0.333. The van der Waals surface area contributed by atoms with Gasteiger partial charge in [0.05, 0.1) is 0 Å². The number of primary amides is 1. The summed E-state index contributed by atoms with van der Waals surface area (Å²) in [6.45, 7) is 1.85. The number of hydrogen-bond acceptors (Lipinski definition) is 2. The SMILES string of the molecule is Cc1cn(C)nc1NC(N)=O. The lowest BCUT2D eigenvalue weighted by Crippen LogP contribution is -2.20. The third-order valence-electron chi connectivity index (χ3n) is 1.25. The average molecular weight is 154 g/mol. The van der Waals surface area contributed by atoms with Crippen LogP contribution in [0.15, 0.2) is 6.20 Å². The fourth-order valence-corrected chi connectivity index (χ4v) is 0.847. The molecule has 2 amide bonds. The minimum absolute atomic E-state index is 0.514. The molecule has 0 unspecified atom stereocenters. The van der Waals surface area contributed by atoms with Crippen molar-refractivity contribution in [2.45, 2.75) is 6.92 Å². The van der Waals surface area contributed by atoms with E-state index in [2.05, 4.69) is 10.4 Å². The van der Waals surface area contributed by atoms with Crippen LogP contribution >= 0.6 is 0 Å². The summed E-state index contributed by atoms with van der Waals surface area (Å²) >= 11 is 0. The van der Waals surface area contributed by atoms with Gasteiger partial charge in [0.15, 0.2) is 5.82 Å². The number of aryl methyl sites for hydroxylation is 2. The van der Waals surface area contributed by atoms with Crippen molar-refractivity contribution in [1.29, 1.82) is 0 Å². The Bertz CT molecular complexity index is 278. The van der Waals surface area contributed by atoms with E-state index in [4.69, 9.17) is 5.73 Å². The minimum Gasteiger partial charge on any atom is -0.351 e. The van der Waals surface area contributed by atoms with Gasteiger partial charge in [0.2, 0.25) is 0 Å². The van der Waals surface area contributed by atoms with Crippen molar-refractivity contribution in [3.8, 4) is 0 Å². The Hall–Kier alpha value is -1.52. The number of nitrogens with two attached hydrogens (primary N) is 1. The highest BCUT2D eigenvalue weighted by molar-refractivity contribution is 5.87. The molecule has 5 heteroatoms. The summed E-state index contributed by atoms with van der Waals surface area (Å²) in [4.78, 5) is 10.4. The lowest BCUT2D eigenvalue weighted by atomic mass is 10.4. The molecule has 0 atom stereocenters. The first kappa shape index (κ1) is 7.59. The van der Waals surface area contributed by atoms with Crippen molar-refractivity contribution in [2.24, 2.45) is 12.8 Å². The maximum atomic E-state index is 10.4. The Labute approximate surface area is 64.2 Å². The van der Waals surface area contributed by atoms with Crippen molar-refractivity contribution in [2.75, 3.05) is 5.32 Å². The first-order valence-electron chi connectivity index (χ1n) is 3.16. The number of hydrogen-bond donors (Lipinski definition) is 2. The molecule has 0 bridgehead atoms. The molecule has 1 aromatic heterocycles. The van der Waals surface area contributed by atoms with Gasteiger partial charge in [-0.3, -0.25) is 10.00 Å². The molecule has 0 aromatic carbocycles. The highest BCUT2D eigenvalue weighted by Gasteiger charge is 2.03. The van der Waals surface area contributed by atoms with Gasteiger partial charge in [-0.25, -0.2) is 4.79 Å². The van der Waals surface area contributed by atoms with Crippen LogP contribution in [0.3, 0.4) is 0 Å². The van der Waals surface area contributed by atoms with E-state index in [0.29, 0.717) is 5.82 Å². The number of urea groups is 1. The second-order valence-electron chi connectivity index (χ2n) is 2.32. The summed E-state index contributed by atoms with van der Waals surface area (Å²) in [7, 11) is 1.78. The fourth-order valence-electron chi connectivity index (χ4n) is 0.847. The first-order valence-corrected chi connectivity index (χ1v) is 3.16. The van der Waals surface area contributed by atoms with E-state index in [1.807, 2.05) is 6.92 Å². The number of nitrogens with zero attached hydrogens (tertiary/aromatic N) is 2. The highest BCUT2D eigenvalue weighted by Crippen LogP contribution is 2.08. The van der Waals surface area contributed by atoms with E-state index in [1.54, 1.807) is 17.9 Å². The third-order valence-corrected chi connectivity index (χ3v) is 1.25. The molecular weight excluding hydrogens is 144 g/mol. The Morgan fingerprint density at radius 1 is 1.82 bits per heavy atom. The van der Waals surface area contributed by atoms with Gasteiger partial charge in [-0.15, -0.1) is 0 Å². The molecule has 1 aromatic rings. The summed E-state index contributed by atoms with van der Waals surface area (Å²) in [5.41, 5.74) is 5.80. The van der Waals surface area contributed by atoms with Crippen LogP contribution in [0, 0.1) is 6.92 Å². The Kier molecular flexibility index (Phi) is 1.80. The maximum absolute atomic E-state index is 10.4. The van der Waals surface area contributed by atoms with Crippen molar-refractivity contribution in [1.82, 2.24) is 9.78 Å². The molecule has 0 aliphatic carbocycles. The van der Waals surface area contributed by atoms with E-state index < -0.39 is 6.03 Å². The highest BCUT2D eigenvalue weighted by atomic mass is 16.2. The molecular formula is C6H10N4O. The number of amides is 2. The van der Waals surface area contributed by atoms with E-state index >= 15 is 0 Å². The van der Waals surface area contributed by atoms with Gasteiger partial charge in [-0.05, 0) is 6.92 Å². The quantitative estimate of drug-likeness (QED) is 0.607. The van der Waals surface area contributed by atoms with E-state index in [9.17, 15) is 4.79 Å². The molecule has 0 saturated heterocycles. The van der Waals surface area contributed by atoms with Gasteiger partial charge in [0.25, 0.3) is 0 Å². The molecule has 3 N–H and O–H groups in total. The smallest absolute Gasteiger partial charge is 0.317 e. The van der Waals surface area contributed by atoms with Gasteiger partial charge in [0, 0.05) is 18.8 Å². The Balaban J connectivity index is 2.85. The van der Waals surface area contributed by atoms with Crippen LogP contribution in [0.2, 0.25) is 0 Å². The second-order valence-corrected chi connectivity index (χ2v) is 2.32. The van der Waals surface area contributed by atoms with E-state index in [-0.39, 0.29) is 0 Å². The van der Waals surface area contributed by atoms with Crippen LogP contribution in [-0.2, 0) is 7.05 Å². The normalized spacial score (nSPS) is 9.64. The van der Waals surface area contributed by atoms with E-state index in [0.717, 1.165) is 5.56 Å². The van der Waals surface area contributed by atoms with Gasteiger partial charge >= 0.3 is 6.03 Å². The molecule has 0 aliphatic rings. The number of carbonyl (C=O) groups excluding carboxylic acids is 1. The first-order chi connectivity index (χ1) is 5.09. The monoisotopic (exact) mass is 154 g/mol. The molecule has 11 heavy (non-hydrogen) atoms. The van der Waals surface area contributed by atoms with Crippen LogP contribution in [-0.4, -0.2) is 15.8 Å². The van der Waals surface area contributed by atoms with Crippen molar-refractivity contribution in [3.63, 3.8) is 0 Å². The number of aromatic nitrogens is 2. The minimum atomic E-state index is -0.591. The maximum Gasteiger partial charge on any atom is 0.317 e. The van der Waals surface area contributed by atoms with Gasteiger partial charge in [-0.1, -0.05) is 0 Å². The van der Waals surface area contributed by atoms with E-state index in [1.165, 1.54) is 0 Å². The largest absolute Gasteiger partial charge is 0.351 e. The van der Waals surface area contributed by atoms with Crippen LogP contribution in [0.4, 0.5) is 10.6 Å².